The Morgan fingerprint density at radius 2 is 1.73 bits per heavy atom. The van der Waals surface area contributed by atoms with Crippen LogP contribution >= 0.6 is 0 Å². The van der Waals surface area contributed by atoms with E-state index in [1.54, 1.807) is 0 Å². The van der Waals surface area contributed by atoms with Gasteiger partial charge in [0.25, 0.3) is 0 Å². The van der Waals surface area contributed by atoms with E-state index >= 15 is 0 Å². The second-order valence-corrected chi connectivity index (χ2v) is 6.28. The molecule has 1 aliphatic rings. The van der Waals surface area contributed by atoms with Gasteiger partial charge in [0.2, 0.25) is 0 Å². The highest BCUT2D eigenvalue weighted by Gasteiger charge is 2.26. The van der Waals surface area contributed by atoms with E-state index in [1.807, 2.05) is 0 Å². The van der Waals surface area contributed by atoms with Crippen LogP contribution in [0.1, 0.15) is 66.7 Å². The van der Waals surface area contributed by atoms with Crippen molar-refractivity contribution in [3.05, 3.63) is 0 Å². The van der Waals surface area contributed by atoms with Crippen LogP contribution in [0.15, 0.2) is 0 Å². The Morgan fingerprint density at radius 1 is 1.07 bits per heavy atom. The van der Waals surface area contributed by atoms with Gasteiger partial charge in [0.1, 0.15) is 0 Å². The molecule has 4 atom stereocenters. The van der Waals surface area contributed by atoms with Crippen molar-refractivity contribution >= 4 is 0 Å². The highest BCUT2D eigenvalue weighted by atomic mass is 14.3. The molecule has 0 aromatic rings. The average Bonchev–Trinajstić information content (AvgIpc) is 2.19. The Balaban J connectivity index is 2.38. The van der Waals surface area contributed by atoms with Gasteiger partial charge < -0.3 is 0 Å². The van der Waals surface area contributed by atoms with E-state index in [2.05, 4.69) is 34.6 Å². The first-order valence-electron chi connectivity index (χ1n) is 7.04. The van der Waals surface area contributed by atoms with E-state index in [4.69, 9.17) is 0 Å². The molecule has 1 aliphatic carbocycles. The molecule has 0 amide bonds. The first-order valence-corrected chi connectivity index (χ1v) is 7.04. The van der Waals surface area contributed by atoms with Crippen LogP contribution in [-0.4, -0.2) is 0 Å². The average molecular weight is 210 g/mol. The highest BCUT2D eigenvalue weighted by Crippen LogP contribution is 2.38. The third-order valence-corrected chi connectivity index (χ3v) is 4.81. The molecule has 90 valence electrons. The molecule has 0 radical (unpaired) electrons. The summed E-state index contributed by atoms with van der Waals surface area (Å²) in [7, 11) is 0. The lowest BCUT2D eigenvalue weighted by molar-refractivity contribution is 0.167. The first-order chi connectivity index (χ1) is 7.04. The molecule has 0 heterocycles. The van der Waals surface area contributed by atoms with E-state index in [1.165, 1.54) is 32.1 Å². The topological polar surface area (TPSA) is 0 Å². The van der Waals surface area contributed by atoms with Gasteiger partial charge in [0.05, 0.1) is 0 Å². The lowest BCUT2D eigenvalue weighted by atomic mass is 9.71. The van der Waals surface area contributed by atoms with Crippen molar-refractivity contribution in [3.63, 3.8) is 0 Å². The van der Waals surface area contributed by atoms with Crippen LogP contribution in [0, 0.1) is 29.6 Å². The SMILES string of the molecule is CCC(CC1CCC(C)C(C)C1)C(C)C. The number of hydrogen-bond acceptors (Lipinski definition) is 0. The quantitative estimate of drug-likeness (QED) is 0.603. The lowest BCUT2D eigenvalue weighted by Crippen LogP contribution is -2.23. The molecule has 4 unspecified atom stereocenters. The molecule has 0 heteroatoms. The third-order valence-electron chi connectivity index (χ3n) is 4.81. The van der Waals surface area contributed by atoms with Crippen LogP contribution in [-0.2, 0) is 0 Å². The fraction of sp³-hybridized carbons (Fsp3) is 1.00. The molecule has 1 saturated carbocycles. The summed E-state index contributed by atoms with van der Waals surface area (Å²) in [6.45, 7) is 12.0. The Bertz CT molecular complexity index is 171. The van der Waals surface area contributed by atoms with Gasteiger partial charge >= 0.3 is 0 Å². The highest BCUT2D eigenvalue weighted by molar-refractivity contribution is 4.77. The largest absolute Gasteiger partial charge is 0.0651 e. The maximum Gasteiger partial charge on any atom is -0.0391 e. The molecule has 0 spiro atoms. The fourth-order valence-corrected chi connectivity index (χ4v) is 3.21. The summed E-state index contributed by atoms with van der Waals surface area (Å²) in [6, 6.07) is 0. The molecule has 0 aliphatic heterocycles. The lowest BCUT2D eigenvalue weighted by Gasteiger charge is -2.34. The molecular weight excluding hydrogens is 180 g/mol. The fourth-order valence-electron chi connectivity index (χ4n) is 3.21. The van der Waals surface area contributed by atoms with Gasteiger partial charge in [-0.25, -0.2) is 0 Å². The monoisotopic (exact) mass is 210 g/mol. The molecule has 15 heavy (non-hydrogen) atoms. The van der Waals surface area contributed by atoms with Crippen LogP contribution in [0.2, 0.25) is 0 Å². The zero-order valence-electron chi connectivity index (χ0n) is 11.4. The Kier molecular flexibility index (Phi) is 5.15. The summed E-state index contributed by atoms with van der Waals surface area (Å²) in [5, 5.41) is 0. The normalized spacial score (nSPS) is 34.4. The van der Waals surface area contributed by atoms with E-state index in [0.717, 1.165) is 29.6 Å². The molecule has 0 bridgehead atoms. The Morgan fingerprint density at radius 3 is 2.20 bits per heavy atom. The summed E-state index contributed by atoms with van der Waals surface area (Å²) in [5.41, 5.74) is 0. The molecule has 1 fully saturated rings. The predicted octanol–water partition coefficient (Wildman–Crippen LogP) is 5.13. The summed E-state index contributed by atoms with van der Waals surface area (Å²) < 4.78 is 0. The molecule has 0 aromatic carbocycles. The van der Waals surface area contributed by atoms with E-state index in [-0.39, 0.29) is 0 Å². The zero-order chi connectivity index (χ0) is 11.4. The van der Waals surface area contributed by atoms with Crippen LogP contribution in [0.5, 0.6) is 0 Å². The zero-order valence-corrected chi connectivity index (χ0v) is 11.4. The third kappa shape index (κ3) is 3.81. The van der Waals surface area contributed by atoms with Crippen molar-refractivity contribution in [3.8, 4) is 0 Å². The molecule has 0 N–H and O–H groups in total. The van der Waals surface area contributed by atoms with Gasteiger partial charge in [-0.05, 0) is 42.4 Å². The predicted molar refractivity (Wildman–Crippen MR) is 68.9 cm³/mol. The smallest absolute Gasteiger partial charge is 0.0391 e. The molecule has 1 rings (SSSR count). The second kappa shape index (κ2) is 5.92. The first kappa shape index (κ1) is 13.1. The van der Waals surface area contributed by atoms with Crippen molar-refractivity contribution in [2.75, 3.05) is 0 Å². The van der Waals surface area contributed by atoms with Crippen molar-refractivity contribution in [2.45, 2.75) is 66.7 Å². The van der Waals surface area contributed by atoms with Crippen LogP contribution in [0.4, 0.5) is 0 Å². The van der Waals surface area contributed by atoms with Crippen molar-refractivity contribution in [1.82, 2.24) is 0 Å². The summed E-state index contributed by atoms with van der Waals surface area (Å²) in [4.78, 5) is 0. The summed E-state index contributed by atoms with van der Waals surface area (Å²) >= 11 is 0. The van der Waals surface area contributed by atoms with Crippen LogP contribution < -0.4 is 0 Å². The number of hydrogen-bond donors (Lipinski definition) is 0. The van der Waals surface area contributed by atoms with Crippen molar-refractivity contribution in [2.24, 2.45) is 29.6 Å². The van der Waals surface area contributed by atoms with E-state index < -0.39 is 0 Å². The van der Waals surface area contributed by atoms with Crippen LogP contribution in [0.3, 0.4) is 0 Å². The molecule has 0 aromatic heterocycles. The van der Waals surface area contributed by atoms with Gasteiger partial charge in [0.15, 0.2) is 0 Å². The molecule has 0 nitrogen and oxygen atoms in total. The standard InChI is InChI=1S/C15H30/c1-6-15(11(2)3)10-14-8-7-12(4)13(5)9-14/h11-15H,6-10H2,1-5H3. The van der Waals surface area contributed by atoms with E-state index in [9.17, 15) is 0 Å². The van der Waals surface area contributed by atoms with Crippen LogP contribution in [0.25, 0.3) is 0 Å². The minimum atomic E-state index is 0.879. The molecule has 0 saturated heterocycles. The van der Waals surface area contributed by atoms with Gasteiger partial charge in [-0.3, -0.25) is 0 Å². The van der Waals surface area contributed by atoms with Gasteiger partial charge in [-0.2, -0.15) is 0 Å². The Labute approximate surface area is 96.8 Å². The minimum absolute atomic E-state index is 0.879. The minimum Gasteiger partial charge on any atom is -0.0651 e. The van der Waals surface area contributed by atoms with E-state index in [0.29, 0.717) is 0 Å². The summed E-state index contributed by atoms with van der Waals surface area (Å²) in [6.07, 6.45) is 7.32. The van der Waals surface area contributed by atoms with Gasteiger partial charge in [-0.15, -0.1) is 0 Å². The molecular formula is C15H30. The van der Waals surface area contributed by atoms with Gasteiger partial charge in [0, 0.05) is 0 Å². The van der Waals surface area contributed by atoms with Gasteiger partial charge in [-0.1, -0.05) is 53.9 Å². The number of rotatable bonds is 4. The summed E-state index contributed by atoms with van der Waals surface area (Å²) in [5.74, 6) is 4.82. The van der Waals surface area contributed by atoms with Crippen molar-refractivity contribution in [1.29, 1.82) is 0 Å². The van der Waals surface area contributed by atoms with Crippen molar-refractivity contribution < 1.29 is 0 Å². The second-order valence-electron chi connectivity index (χ2n) is 6.28. The maximum absolute atomic E-state index is 2.45. The Hall–Kier alpha value is 0. The maximum atomic E-state index is 2.45.